The molecule has 0 bridgehead atoms. The topological polar surface area (TPSA) is 111 Å². The fourth-order valence-corrected chi connectivity index (χ4v) is 4.76. The van der Waals surface area contributed by atoms with Crippen LogP contribution in [0, 0.1) is 10.1 Å². The van der Waals surface area contributed by atoms with Gasteiger partial charge in [-0.3, -0.25) is 10.1 Å². The zero-order chi connectivity index (χ0) is 21.0. The first kappa shape index (κ1) is 20.9. The van der Waals surface area contributed by atoms with E-state index in [4.69, 9.17) is 9.47 Å². The standard InChI is InChI=1S/C19H23N3O6S/c1-27-15-10-14(11-16(12-15)28-2)20-18-7-6-17(13-19(18)22(23)24)29(25,26)21-8-4-3-5-9-21/h6-7,10-13,20H,3-5,8-9H2,1-2H3. The van der Waals surface area contributed by atoms with Gasteiger partial charge in [0.2, 0.25) is 10.0 Å². The van der Waals surface area contributed by atoms with Crippen molar-refractivity contribution < 1.29 is 22.8 Å². The lowest BCUT2D eigenvalue weighted by atomic mass is 10.2. The van der Waals surface area contributed by atoms with Gasteiger partial charge >= 0.3 is 0 Å². The molecule has 29 heavy (non-hydrogen) atoms. The second-order valence-electron chi connectivity index (χ2n) is 6.63. The molecule has 10 heteroatoms. The van der Waals surface area contributed by atoms with E-state index in [1.807, 2.05) is 0 Å². The van der Waals surface area contributed by atoms with Crippen molar-refractivity contribution in [3.05, 3.63) is 46.5 Å². The molecule has 0 aliphatic carbocycles. The number of methoxy groups -OCH3 is 2. The van der Waals surface area contributed by atoms with E-state index in [-0.39, 0.29) is 16.3 Å². The van der Waals surface area contributed by atoms with Crippen molar-refractivity contribution in [2.45, 2.75) is 24.2 Å². The zero-order valence-electron chi connectivity index (χ0n) is 16.3. The summed E-state index contributed by atoms with van der Waals surface area (Å²) in [5.74, 6) is 1.03. The fourth-order valence-electron chi connectivity index (χ4n) is 3.22. The van der Waals surface area contributed by atoms with Crippen molar-refractivity contribution in [1.29, 1.82) is 0 Å². The highest BCUT2D eigenvalue weighted by atomic mass is 32.2. The fraction of sp³-hybridized carbons (Fsp3) is 0.368. The van der Waals surface area contributed by atoms with Crippen molar-refractivity contribution >= 4 is 27.1 Å². The van der Waals surface area contributed by atoms with Crippen LogP contribution in [0.2, 0.25) is 0 Å². The molecule has 1 fully saturated rings. The summed E-state index contributed by atoms with van der Waals surface area (Å²) in [5.41, 5.74) is 0.351. The lowest BCUT2D eigenvalue weighted by Crippen LogP contribution is -2.35. The molecular formula is C19H23N3O6S. The van der Waals surface area contributed by atoms with Gasteiger partial charge in [-0.1, -0.05) is 6.42 Å². The SMILES string of the molecule is COc1cc(Nc2ccc(S(=O)(=O)N3CCCCC3)cc2[N+](=O)[O-])cc(OC)c1. The van der Waals surface area contributed by atoms with Crippen LogP contribution in [0.25, 0.3) is 0 Å². The first-order valence-electron chi connectivity index (χ1n) is 9.14. The third kappa shape index (κ3) is 4.60. The number of piperidine rings is 1. The van der Waals surface area contributed by atoms with Crippen LogP contribution < -0.4 is 14.8 Å². The second kappa shape index (κ2) is 8.66. The molecule has 0 unspecified atom stereocenters. The van der Waals surface area contributed by atoms with Gasteiger partial charge in [-0.25, -0.2) is 8.42 Å². The third-order valence-corrected chi connectivity index (χ3v) is 6.64. The summed E-state index contributed by atoms with van der Waals surface area (Å²) in [7, 11) is -0.765. The summed E-state index contributed by atoms with van der Waals surface area (Å²) >= 11 is 0. The Morgan fingerprint density at radius 3 is 2.17 bits per heavy atom. The average Bonchev–Trinajstić information content (AvgIpc) is 2.74. The Hall–Kier alpha value is -2.85. The smallest absolute Gasteiger partial charge is 0.294 e. The van der Waals surface area contributed by atoms with Crippen molar-refractivity contribution in [1.82, 2.24) is 4.31 Å². The molecule has 2 aromatic rings. The number of nitrogens with one attached hydrogen (secondary N) is 1. The Kier molecular flexibility index (Phi) is 6.23. The Morgan fingerprint density at radius 1 is 1.00 bits per heavy atom. The van der Waals surface area contributed by atoms with Crippen LogP contribution in [0.1, 0.15) is 19.3 Å². The summed E-state index contributed by atoms with van der Waals surface area (Å²) in [4.78, 5) is 10.9. The Labute approximate surface area is 169 Å². The summed E-state index contributed by atoms with van der Waals surface area (Å²) in [6.07, 6.45) is 2.57. The minimum Gasteiger partial charge on any atom is -0.497 e. The van der Waals surface area contributed by atoms with E-state index in [1.54, 1.807) is 18.2 Å². The molecule has 2 aromatic carbocycles. The van der Waals surface area contributed by atoms with Crippen molar-refractivity contribution in [3.8, 4) is 11.5 Å². The maximum Gasteiger partial charge on any atom is 0.294 e. The van der Waals surface area contributed by atoms with Crippen molar-refractivity contribution in [2.24, 2.45) is 0 Å². The highest BCUT2D eigenvalue weighted by Crippen LogP contribution is 2.34. The number of nitro benzene ring substituents is 1. The normalized spacial score (nSPS) is 15.0. The van der Waals surface area contributed by atoms with Gasteiger partial charge in [0, 0.05) is 43.0 Å². The minimum absolute atomic E-state index is 0.0835. The second-order valence-corrected chi connectivity index (χ2v) is 8.57. The van der Waals surface area contributed by atoms with Crippen LogP contribution in [0.15, 0.2) is 41.3 Å². The quantitative estimate of drug-likeness (QED) is 0.538. The van der Waals surface area contributed by atoms with Gasteiger partial charge < -0.3 is 14.8 Å². The molecule has 9 nitrogen and oxygen atoms in total. The number of sulfonamides is 1. The minimum atomic E-state index is -3.77. The van der Waals surface area contributed by atoms with Gasteiger partial charge in [-0.2, -0.15) is 4.31 Å². The van der Waals surface area contributed by atoms with Gasteiger partial charge in [0.15, 0.2) is 0 Å². The lowest BCUT2D eigenvalue weighted by Gasteiger charge is -2.25. The molecule has 156 valence electrons. The van der Waals surface area contributed by atoms with E-state index in [1.165, 1.54) is 30.7 Å². The monoisotopic (exact) mass is 421 g/mol. The van der Waals surface area contributed by atoms with Gasteiger partial charge in [-0.05, 0) is 25.0 Å². The van der Waals surface area contributed by atoms with Crippen LogP contribution in [0.3, 0.4) is 0 Å². The number of anilines is 2. The average molecular weight is 421 g/mol. The van der Waals surface area contributed by atoms with E-state index in [2.05, 4.69) is 5.32 Å². The number of rotatable bonds is 7. The zero-order valence-corrected chi connectivity index (χ0v) is 17.1. The predicted octanol–water partition coefficient (Wildman–Crippen LogP) is 3.53. The van der Waals surface area contributed by atoms with Crippen LogP contribution in [0.5, 0.6) is 11.5 Å². The van der Waals surface area contributed by atoms with E-state index in [0.29, 0.717) is 30.3 Å². The molecule has 0 saturated carbocycles. The van der Waals surface area contributed by atoms with Gasteiger partial charge in [0.25, 0.3) is 5.69 Å². The molecule has 1 N–H and O–H groups in total. The summed E-state index contributed by atoms with van der Waals surface area (Å²) in [6, 6.07) is 8.88. The molecule has 0 atom stereocenters. The molecule has 1 aliphatic heterocycles. The van der Waals surface area contributed by atoms with Crippen molar-refractivity contribution in [3.63, 3.8) is 0 Å². The predicted molar refractivity (Wildman–Crippen MR) is 109 cm³/mol. The summed E-state index contributed by atoms with van der Waals surface area (Å²) < 4.78 is 37.5. The van der Waals surface area contributed by atoms with E-state index in [0.717, 1.165) is 25.3 Å². The number of hydrogen-bond acceptors (Lipinski definition) is 7. The van der Waals surface area contributed by atoms with E-state index >= 15 is 0 Å². The first-order chi connectivity index (χ1) is 13.8. The Balaban J connectivity index is 1.96. The molecule has 3 rings (SSSR count). The number of hydrogen-bond donors (Lipinski definition) is 1. The Morgan fingerprint density at radius 2 is 1.62 bits per heavy atom. The first-order valence-corrected chi connectivity index (χ1v) is 10.6. The van der Waals surface area contributed by atoms with Gasteiger partial charge in [0.05, 0.1) is 24.0 Å². The molecule has 1 aliphatic rings. The van der Waals surface area contributed by atoms with Crippen LogP contribution >= 0.6 is 0 Å². The van der Waals surface area contributed by atoms with Crippen molar-refractivity contribution in [2.75, 3.05) is 32.6 Å². The lowest BCUT2D eigenvalue weighted by molar-refractivity contribution is -0.384. The molecular weight excluding hydrogens is 398 g/mol. The van der Waals surface area contributed by atoms with Crippen LogP contribution in [-0.4, -0.2) is 45.0 Å². The highest BCUT2D eigenvalue weighted by Gasteiger charge is 2.28. The van der Waals surface area contributed by atoms with Gasteiger partial charge in [0.1, 0.15) is 17.2 Å². The largest absolute Gasteiger partial charge is 0.497 e. The molecule has 1 heterocycles. The number of nitro groups is 1. The number of ether oxygens (including phenoxy) is 2. The Bertz CT molecular complexity index is 981. The number of benzene rings is 2. The summed E-state index contributed by atoms with van der Waals surface area (Å²) in [6.45, 7) is 0.861. The maximum atomic E-state index is 12.8. The molecule has 0 spiro atoms. The number of nitrogens with zero attached hydrogens (tertiary/aromatic N) is 2. The van der Waals surface area contributed by atoms with E-state index in [9.17, 15) is 18.5 Å². The highest BCUT2D eigenvalue weighted by molar-refractivity contribution is 7.89. The summed E-state index contributed by atoms with van der Waals surface area (Å²) in [5, 5.41) is 14.6. The molecule has 0 radical (unpaired) electrons. The third-order valence-electron chi connectivity index (χ3n) is 4.75. The van der Waals surface area contributed by atoms with Crippen LogP contribution in [-0.2, 0) is 10.0 Å². The maximum absolute atomic E-state index is 12.8. The van der Waals surface area contributed by atoms with E-state index < -0.39 is 14.9 Å². The van der Waals surface area contributed by atoms with Crippen LogP contribution in [0.4, 0.5) is 17.1 Å². The van der Waals surface area contributed by atoms with Gasteiger partial charge in [-0.15, -0.1) is 0 Å². The molecule has 0 amide bonds. The molecule has 1 saturated heterocycles. The molecule has 0 aromatic heterocycles.